The number of nitrogens with zero attached hydrogens (tertiary/aromatic N) is 5. The Morgan fingerprint density at radius 3 is 2.71 bits per heavy atom. The van der Waals surface area contributed by atoms with Crippen LogP contribution in [0.2, 0.25) is 0 Å². The molecule has 3 unspecified atom stereocenters. The lowest BCUT2D eigenvalue weighted by atomic mass is 9.77. The first-order valence-corrected chi connectivity index (χ1v) is 11.2. The van der Waals surface area contributed by atoms with E-state index in [0.717, 1.165) is 36.0 Å². The summed E-state index contributed by atoms with van der Waals surface area (Å²) in [6, 6.07) is 9.23. The monoisotopic (exact) mass is 479 g/mol. The minimum atomic E-state index is -0.0695. The fourth-order valence-corrected chi connectivity index (χ4v) is 4.79. The minimum Gasteiger partial charge on any atom is -0.472 e. The van der Waals surface area contributed by atoms with E-state index in [1.54, 1.807) is 24.7 Å². The second-order valence-electron chi connectivity index (χ2n) is 8.10. The molecule has 2 aliphatic heterocycles. The van der Waals surface area contributed by atoms with Gasteiger partial charge in [-0.25, -0.2) is 19.9 Å². The van der Waals surface area contributed by atoms with E-state index in [-0.39, 0.29) is 18.1 Å². The van der Waals surface area contributed by atoms with Gasteiger partial charge in [0.05, 0.1) is 11.6 Å². The SMILES string of the molecule is Cc1ccc(C(=O)N2CC3CCC2C(Oc2ccc(Br)cn2)C3)c(-c2ncccn2)n1. The summed E-state index contributed by atoms with van der Waals surface area (Å²) in [5, 5.41) is 0. The van der Waals surface area contributed by atoms with Crippen LogP contribution >= 0.6 is 15.9 Å². The Labute approximate surface area is 189 Å². The first-order chi connectivity index (χ1) is 15.1. The lowest BCUT2D eigenvalue weighted by Gasteiger charge is -2.49. The molecule has 0 N–H and O–H groups in total. The fraction of sp³-hybridized carbons (Fsp3) is 0.348. The van der Waals surface area contributed by atoms with Crippen molar-refractivity contribution >= 4 is 21.8 Å². The van der Waals surface area contributed by atoms with Crippen LogP contribution in [0.25, 0.3) is 11.5 Å². The smallest absolute Gasteiger partial charge is 0.256 e. The van der Waals surface area contributed by atoms with Crippen LogP contribution in [0.1, 0.15) is 35.3 Å². The molecule has 2 bridgehead atoms. The number of ether oxygens (including phenoxy) is 1. The number of halogens is 1. The number of pyridine rings is 2. The molecule has 158 valence electrons. The topological polar surface area (TPSA) is 81.1 Å². The second-order valence-corrected chi connectivity index (χ2v) is 9.01. The third-order valence-electron chi connectivity index (χ3n) is 6.00. The predicted octanol–water partition coefficient (Wildman–Crippen LogP) is 4.08. The van der Waals surface area contributed by atoms with Gasteiger partial charge in [-0.3, -0.25) is 4.79 Å². The van der Waals surface area contributed by atoms with Crippen molar-refractivity contribution in [3.05, 3.63) is 64.7 Å². The van der Waals surface area contributed by atoms with Gasteiger partial charge in [-0.1, -0.05) is 0 Å². The molecule has 1 amide bonds. The average molecular weight is 480 g/mol. The van der Waals surface area contributed by atoms with Crippen molar-refractivity contribution in [2.45, 2.75) is 38.3 Å². The summed E-state index contributed by atoms with van der Waals surface area (Å²) in [7, 11) is 0. The molecule has 31 heavy (non-hydrogen) atoms. The Morgan fingerprint density at radius 1 is 1.13 bits per heavy atom. The highest BCUT2D eigenvalue weighted by atomic mass is 79.9. The first kappa shape index (κ1) is 20.1. The molecule has 0 radical (unpaired) electrons. The third-order valence-corrected chi connectivity index (χ3v) is 6.47. The molecule has 3 atom stereocenters. The van der Waals surface area contributed by atoms with Gasteiger partial charge in [0.15, 0.2) is 5.82 Å². The molecule has 8 heteroatoms. The Balaban J connectivity index is 1.44. The minimum absolute atomic E-state index is 0.00814. The zero-order valence-corrected chi connectivity index (χ0v) is 18.7. The number of hydrogen-bond donors (Lipinski definition) is 0. The van der Waals surface area contributed by atoms with E-state index in [2.05, 4.69) is 35.9 Å². The number of amides is 1. The van der Waals surface area contributed by atoms with E-state index < -0.39 is 0 Å². The molecule has 1 aliphatic carbocycles. The summed E-state index contributed by atoms with van der Waals surface area (Å²) in [5.74, 6) is 1.43. The zero-order valence-electron chi connectivity index (χ0n) is 17.1. The molecule has 3 aromatic heterocycles. The van der Waals surface area contributed by atoms with Gasteiger partial charge >= 0.3 is 0 Å². The molecule has 5 heterocycles. The molecule has 3 fully saturated rings. The zero-order chi connectivity index (χ0) is 21.4. The van der Waals surface area contributed by atoms with Crippen molar-refractivity contribution in [3.8, 4) is 17.4 Å². The summed E-state index contributed by atoms with van der Waals surface area (Å²) in [6.45, 7) is 2.64. The number of hydrogen-bond acceptors (Lipinski definition) is 6. The highest BCUT2D eigenvalue weighted by Crippen LogP contribution is 2.38. The van der Waals surface area contributed by atoms with Crippen LogP contribution in [0.4, 0.5) is 0 Å². The van der Waals surface area contributed by atoms with Gasteiger partial charge in [-0.2, -0.15) is 0 Å². The number of carbonyl (C=O) groups excluding carboxylic acids is 1. The van der Waals surface area contributed by atoms with Crippen molar-refractivity contribution in [3.63, 3.8) is 0 Å². The number of aromatic nitrogens is 4. The van der Waals surface area contributed by atoms with Gasteiger partial charge in [0.1, 0.15) is 11.8 Å². The molecule has 6 rings (SSSR count). The standard InChI is InChI=1S/C23H22BrN5O2/c1-14-3-6-17(21(28-14)22-25-9-2-10-26-22)23(30)29-13-15-4-7-18(29)19(11-15)31-20-8-5-16(24)12-27-20/h2-3,5-6,8-10,12,15,18-19H,4,7,11,13H2,1H3. The number of carbonyl (C=O) groups is 1. The van der Waals surface area contributed by atoms with Gasteiger partial charge in [0, 0.05) is 41.4 Å². The molecule has 0 aromatic carbocycles. The van der Waals surface area contributed by atoms with Gasteiger partial charge in [-0.05, 0) is 72.3 Å². The van der Waals surface area contributed by atoms with Gasteiger partial charge < -0.3 is 9.64 Å². The summed E-state index contributed by atoms with van der Waals surface area (Å²) in [6.07, 6.45) is 7.96. The molecule has 3 aromatic rings. The molecule has 1 saturated carbocycles. The van der Waals surface area contributed by atoms with Crippen LogP contribution in [0.15, 0.2) is 53.4 Å². The quantitative estimate of drug-likeness (QED) is 0.560. The second kappa shape index (κ2) is 8.34. The highest BCUT2D eigenvalue weighted by Gasteiger charge is 2.45. The Morgan fingerprint density at radius 2 is 1.97 bits per heavy atom. The van der Waals surface area contributed by atoms with Gasteiger partial charge in [-0.15, -0.1) is 0 Å². The van der Waals surface area contributed by atoms with Crippen LogP contribution in [0.3, 0.4) is 0 Å². The summed E-state index contributed by atoms with van der Waals surface area (Å²) >= 11 is 3.40. The molecule has 0 spiro atoms. The van der Waals surface area contributed by atoms with E-state index in [0.29, 0.717) is 28.9 Å². The van der Waals surface area contributed by atoms with Crippen molar-refractivity contribution < 1.29 is 9.53 Å². The maximum atomic E-state index is 13.7. The predicted molar refractivity (Wildman–Crippen MR) is 119 cm³/mol. The van der Waals surface area contributed by atoms with E-state index in [1.807, 2.05) is 36.1 Å². The van der Waals surface area contributed by atoms with E-state index >= 15 is 0 Å². The van der Waals surface area contributed by atoms with E-state index in [9.17, 15) is 4.79 Å². The maximum absolute atomic E-state index is 13.7. The summed E-state index contributed by atoms with van der Waals surface area (Å²) in [4.78, 5) is 33.2. The molecular weight excluding hydrogens is 458 g/mol. The number of piperidine rings is 2. The van der Waals surface area contributed by atoms with Gasteiger partial charge in [0.25, 0.3) is 5.91 Å². The van der Waals surface area contributed by atoms with E-state index in [4.69, 9.17) is 4.74 Å². The molecule has 2 saturated heterocycles. The van der Waals surface area contributed by atoms with Crippen LogP contribution in [-0.4, -0.2) is 49.4 Å². The fourth-order valence-electron chi connectivity index (χ4n) is 4.55. The summed E-state index contributed by atoms with van der Waals surface area (Å²) < 4.78 is 7.14. The Kier molecular flexibility index (Phi) is 5.40. The van der Waals surface area contributed by atoms with Crippen molar-refractivity contribution in [1.82, 2.24) is 24.8 Å². The third kappa shape index (κ3) is 4.04. The van der Waals surface area contributed by atoms with Crippen molar-refractivity contribution in [2.24, 2.45) is 5.92 Å². The largest absolute Gasteiger partial charge is 0.472 e. The average Bonchev–Trinajstić information content (AvgIpc) is 2.81. The van der Waals surface area contributed by atoms with Crippen LogP contribution in [0, 0.1) is 12.8 Å². The van der Waals surface area contributed by atoms with Crippen LogP contribution in [-0.2, 0) is 0 Å². The Bertz CT molecular complexity index is 1090. The molecule has 7 nitrogen and oxygen atoms in total. The first-order valence-electron chi connectivity index (χ1n) is 10.4. The number of aryl methyl sites for hydroxylation is 1. The van der Waals surface area contributed by atoms with Crippen LogP contribution < -0.4 is 4.74 Å². The normalized spacial score (nSPS) is 22.4. The van der Waals surface area contributed by atoms with E-state index in [1.165, 1.54) is 0 Å². The molecule has 3 aliphatic rings. The lowest BCUT2D eigenvalue weighted by molar-refractivity contribution is -0.0313. The molecular formula is C23H22BrN5O2. The van der Waals surface area contributed by atoms with Crippen LogP contribution in [0.5, 0.6) is 5.88 Å². The van der Waals surface area contributed by atoms with Gasteiger partial charge in [0.2, 0.25) is 5.88 Å². The van der Waals surface area contributed by atoms with Crippen molar-refractivity contribution in [2.75, 3.05) is 6.54 Å². The number of fused-ring (bicyclic) bond motifs is 3. The maximum Gasteiger partial charge on any atom is 0.256 e. The summed E-state index contributed by atoms with van der Waals surface area (Å²) in [5.41, 5.74) is 1.88. The lowest BCUT2D eigenvalue weighted by Crippen LogP contribution is -2.59. The van der Waals surface area contributed by atoms with Crippen molar-refractivity contribution in [1.29, 1.82) is 0 Å². The number of rotatable bonds is 4. The Hall–Kier alpha value is -2.87. The highest BCUT2D eigenvalue weighted by molar-refractivity contribution is 9.10.